The lowest BCUT2D eigenvalue weighted by molar-refractivity contribution is 0.160. The first kappa shape index (κ1) is 16.2. The van der Waals surface area contributed by atoms with E-state index in [1.807, 2.05) is 67.7 Å². The summed E-state index contributed by atoms with van der Waals surface area (Å²) in [7, 11) is -1.31. The molecule has 0 unspecified atom stereocenters. The molecular formula is C18H22N2O2S. The summed E-state index contributed by atoms with van der Waals surface area (Å²) < 4.78 is 27.6. The molecule has 0 saturated carbocycles. The molecule has 4 nitrogen and oxygen atoms in total. The number of likely N-dealkylation sites (N-methyl/N-ethyl adjacent to an activating group) is 1. The molecule has 1 aliphatic rings. The topological polar surface area (TPSA) is 40.6 Å². The fourth-order valence-corrected chi connectivity index (χ4v) is 4.77. The smallest absolute Gasteiger partial charge is 0.218 e. The van der Waals surface area contributed by atoms with E-state index < -0.39 is 10.0 Å². The third kappa shape index (κ3) is 3.80. The number of rotatable bonds is 4. The molecule has 122 valence electrons. The van der Waals surface area contributed by atoms with Crippen molar-refractivity contribution in [3.05, 3.63) is 71.8 Å². The van der Waals surface area contributed by atoms with Crippen molar-refractivity contribution in [2.24, 2.45) is 0 Å². The first-order valence-corrected chi connectivity index (χ1v) is 9.44. The molecule has 0 N–H and O–H groups in total. The van der Waals surface area contributed by atoms with E-state index in [0.717, 1.165) is 24.2 Å². The highest BCUT2D eigenvalue weighted by molar-refractivity contribution is 7.88. The van der Waals surface area contributed by atoms with Crippen molar-refractivity contribution in [2.75, 3.05) is 26.7 Å². The van der Waals surface area contributed by atoms with Gasteiger partial charge in [0.25, 0.3) is 0 Å². The van der Waals surface area contributed by atoms with Crippen LogP contribution in [0.2, 0.25) is 0 Å². The highest BCUT2D eigenvalue weighted by Gasteiger charge is 2.34. The zero-order chi connectivity index (χ0) is 16.3. The van der Waals surface area contributed by atoms with Gasteiger partial charge >= 0.3 is 0 Å². The fraction of sp³-hybridized carbons (Fsp3) is 0.333. The van der Waals surface area contributed by atoms with E-state index in [2.05, 4.69) is 4.90 Å². The summed E-state index contributed by atoms with van der Waals surface area (Å²) in [6.45, 7) is 2.01. The van der Waals surface area contributed by atoms with Gasteiger partial charge in [0.1, 0.15) is 0 Å². The lowest BCUT2D eigenvalue weighted by Gasteiger charge is -2.39. The number of hydrogen-bond acceptors (Lipinski definition) is 3. The Balaban J connectivity index is 1.89. The van der Waals surface area contributed by atoms with E-state index in [1.165, 1.54) is 0 Å². The maximum atomic E-state index is 13.0. The summed E-state index contributed by atoms with van der Waals surface area (Å²) in [6.07, 6.45) is 0. The molecule has 0 bridgehead atoms. The van der Waals surface area contributed by atoms with Gasteiger partial charge in [-0.1, -0.05) is 60.7 Å². The Kier molecular flexibility index (Phi) is 4.80. The molecule has 1 saturated heterocycles. The average molecular weight is 330 g/mol. The minimum absolute atomic E-state index is 0.0564. The molecule has 3 rings (SSSR count). The van der Waals surface area contributed by atoms with Crippen molar-refractivity contribution in [1.29, 1.82) is 0 Å². The van der Waals surface area contributed by atoms with Crippen LogP contribution in [0.15, 0.2) is 60.7 Å². The molecule has 1 fully saturated rings. The predicted molar refractivity (Wildman–Crippen MR) is 92.5 cm³/mol. The standard InChI is InChI=1S/C18H22N2O2S/c1-19-12-13-20(18(14-19)17-10-6-3-7-11-17)23(21,22)15-16-8-4-2-5-9-16/h2-11,18H,12-15H2,1H3/t18-/m1/s1. The molecule has 0 aliphatic carbocycles. The lowest BCUT2D eigenvalue weighted by Crippen LogP contribution is -2.49. The average Bonchev–Trinajstić information content (AvgIpc) is 2.56. The summed E-state index contributed by atoms with van der Waals surface area (Å²) in [6, 6.07) is 19.2. The third-order valence-electron chi connectivity index (χ3n) is 4.27. The van der Waals surface area contributed by atoms with Crippen LogP contribution in [0.4, 0.5) is 0 Å². The number of benzene rings is 2. The second-order valence-electron chi connectivity index (χ2n) is 6.04. The van der Waals surface area contributed by atoms with Gasteiger partial charge in [-0.2, -0.15) is 4.31 Å². The third-order valence-corrected chi connectivity index (χ3v) is 6.12. The molecule has 1 aliphatic heterocycles. The minimum Gasteiger partial charge on any atom is -0.303 e. The summed E-state index contributed by atoms with van der Waals surface area (Å²) in [5.41, 5.74) is 1.88. The van der Waals surface area contributed by atoms with Crippen molar-refractivity contribution in [3.63, 3.8) is 0 Å². The molecule has 0 spiro atoms. The van der Waals surface area contributed by atoms with Crippen LogP contribution in [0.25, 0.3) is 0 Å². The molecule has 1 atom stereocenters. The zero-order valence-corrected chi connectivity index (χ0v) is 14.1. The van der Waals surface area contributed by atoms with Gasteiger partial charge in [-0.05, 0) is 18.2 Å². The van der Waals surface area contributed by atoms with Crippen molar-refractivity contribution in [3.8, 4) is 0 Å². The van der Waals surface area contributed by atoms with Crippen LogP contribution in [-0.4, -0.2) is 44.3 Å². The van der Waals surface area contributed by atoms with Gasteiger partial charge in [-0.15, -0.1) is 0 Å². The van der Waals surface area contributed by atoms with E-state index in [4.69, 9.17) is 0 Å². The number of nitrogens with zero attached hydrogens (tertiary/aromatic N) is 2. The van der Waals surface area contributed by atoms with E-state index >= 15 is 0 Å². The highest BCUT2D eigenvalue weighted by atomic mass is 32.2. The Morgan fingerprint density at radius 2 is 1.57 bits per heavy atom. The Labute approximate surface area is 138 Å². The zero-order valence-electron chi connectivity index (χ0n) is 13.3. The molecular weight excluding hydrogens is 308 g/mol. The van der Waals surface area contributed by atoms with Gasteiger partial charge in [0, 0.05) is 19.6 Å². The summed E-state index contributed by atoms with van der Waals surface area (Å²) in [5, 5.41) is 0. The number of sulfonamides is 1. The first-order valence-electron chi connectivity index (χ1n) is 7.83. The van der Waals surface area contributed by atoms with Crippen molar-refractivity contribution >= 4 is 10.0 Å². The summed E-state index contributed by atoms with van der Waals surface area (Å²) >= 11 is 0. The SMILES string of the molecule is CN1CCN(S(=O)(=O)Cc2ccccc2)[C@@H](c2ccccc2)C1. The van der Waals surface area contributed by atoms with Crippen molar-refractivity contribution < 1.29 is 8.42 Å². The van der Waals surface area contributed by atoms with Crippen LogP contribution in [0.1, 0.15) is 17.2 Å². The van der Waals surface area contributed by atoms with Crippen LogP contribution in [-0.2, 0) is 15.8 Å². The molecule has 2 aromatic rings. The lowest BCUT2D eigenvalue weighted by atomic mass is 10.1. The quantitative estimate of drug-likeness (QED) is 0.865. The molecule has 0 amide bonds. The Morgan fingerprint density at radius 3 is 2.22 bits per heavy atom. The van der Waals surface area contributed by atoms with Gasteiger partial charge in [-0.3, -0.25) is 0 Å². The predicted octanol–water partition coefficient (Wildman–Crippen LogP) is 2.51. The molecule has 1 heterocycles. The maximum Gasteiger partial charge on any atom is 0.218 e. The van der Waals surface area contributed by atoms with Crippen LogP contribution < -0.4 is 0 Å². The van der Waals surface area contributed by atoms with Gasteiger partial charge in [0.2, 0.25) is 10.0 Å². The minimum atomic E-state index is -3.35. The molecule has 2 aromatic carbocycles. The monoisotopic (exact) mass is 330 g/mol. The van der Waals surface area contributed by atoms with Gasteiger partial charge in [0.05, 0.1) is 11.8 Å². The Hall–Kier alpha value is -1.69. The highest BCUT2D eigenvalue weighted by Crippen LogP contribution is 2.28. The van der Waals surface area contributed by atoms with Crippen LogP contribution in [0.3, 0.4) is 0 Å². The molecule has 0 radical (unpaired) electrons. The van der Waals surface area contributed by atoms with E-state index in [1.54, 1.807) is 4.31 Å². The fourth-order valence-electron chi connectivity index (χ4n) is 3.05. The molecule has 5 heteroatoms. The van der Waals surface area contributed by atoms with E-state index in [-0.39, 0.29) is 11.8 Å². The van der Waals surface area contributed by atoms with Gasteiger partial charge in [-0.25, -0.2) is 8.42 Å². The van der Waals surface area contributed by atoms with E-state index in [9.17, 15) is 8.42 Å². The Morgan fingerprint density at radius 1 is 0.957 bits per heavy atom. The maximum absolute atomic E-state index is 13.0. The largest absolute Gasteiger partial charge is 0.303 e. The van der Waals surface area contributed by atoms with Crippen LogP contribution >= 0.6 is 0 Å². The number of piperazine rings is 1. The van der Waals surface area contributed by atoms with Crippen molar-refractivity contribution in [2.45, 2.75) is 11.8 Å². The summed E-state index contributed by atoms with van der Waals surface area (Å²) in [4.78, 5) is 2.19. The van der Waals surface area contributed by atoms with Crippen LogP contribution in [0.5, 0.6) is 0 Å². The second kappa shape index (κ2) is 6.83. The number of hydrogen-bond donors (Lipinski definition) is 0. The Bertz CT molecular complexity index is 732. The molecule has 0 aromatic heterocycles. The summed E-state index contributed by atoms with van der Waals surface area (Å²) in [5.74, 6) is 0.0564. The normalized spacial score (nSPS) is 20.5. The van der Waals surface area contributed by atoms with Crippen LogP contribution in [0, 0.1) is 0 Å². The van der Waals surface area contributed by atoms with Gasteiger partial charge < -0.3 is 4.90 Å². The van der Waals surface area contributed by atoms with Crippen molar-refractivity contribution in [1.82, 2.24) is 9.21 Å². The van der Waals surface area contributed by atoms with Gasteiger partial charge in [0.15, 0.2) is 0 Å². The van der Waals surface area contributed by atoms with E-state index in [0.29, 0.717) is 6.54 Å². The first-order chi connectivity index (χ1) is 11.1. The molecule has 23 heavy (non-hydrogen) atoms. The second-order valence-corrected chi connectivity index (χ2v) is 7.96.